The normalized spacial score (nSPS) is 13.3. The van der Waals surface area contributed by atoms with Gasteiger partial charge in [0.15, 0.2) is 5.84 Å². The highest BCUT2D eigenvalue weighted by Gasteiger charge is 2.40. The molecular weight excluding hydrogens is 258 g/mol. The number of ether oxygens (including phenoxy) is 1. The molecule has 1 amide bonds. The summed E-state index contributed by atoms with van der Waals surface area (Å²) in [7, 11) is 1.66. The molecule has 0 rings (SSSR count). The topological polar surface area (TPSA) is 96.9 Å². The van der Waals surface area contributed by atoms with Crippen molar-refractivity contribution in [1.29, 1.82) is 0 Å². The van der Waals surface area contributed by atoms with Crippen molar-refractivity contribution >= 4 is 11.7 Å². The highest BCUT2D eigenvalue weighted by atomic mass is 16.5. The second-order valence-corrected chi connectivity index (χ2v) is 5.86. The van der Waals surface area contributed by atoms with E-state index in [1.165, 1.54) is 0 Å². The molecule has 0 aliphatic carbocycles. The smallest absolute Gasteiger partial charge is 0.233 e. The Morgan fingerprint density at radius 2 is 1.90 bits per heavy atom. The number of nitrogens with one attached hydrogen (secondary N) is 1. The van der Waals surface area contributed by atoms with Crippen LogP contribution in [0.2, 0.25) is 0 Å². The summed E-state index contributed by atoms with van der Waals surface area (Å²) < 4.78 is 5.06. The predicted molar refractivity (Wildman–Crippen MR) is 79.7 cm³/mol. The number of oxime groups is 1. The third-order valence-corrected chi connectivity index (χ3v) is 3.95. The first-order valence-corrected chi connectivity index (χ1v) is 7.05. The summed E-state index contributed by atoms with van der Waals surface area (Å²) in [6, 6.07) is 0. The van der Waals surface area contributed by atoms with Crippen molar-refractivity contribution in [2.45, 2.75) is 47.0 Å². The second kappa shape index (κ2) is 8.09. The van der Waals surface area contributed by atoms with Gasteiger partial charge in [0.1, 0.15) is 5.41 Å². The van der Waals surface area contributed by atoms with Crippen LogP contribution < -0.4 is 11.1 Å². The molecule has 0 aromatic rings. The third-order valence-electron chi connectivity index (χ3n) is 3.95. The number of amides is 1. The second-order valence-electron chi connectivity index (χ2n) is 5.86. The number of rotatable bonds is 9. The SMILES string of the molecule is CCC(CC)(C(=O)NCC(C)(C)CCOC)C(N)=NO. The maximum absolute atomic E-state index is 12.4. The van der Waals surface area contributed by atoms with E-state index < -0.39 is 5.41 Å². The molecular formula is C14H29N3O3. The van der Waals surface area contributed by atoms with Crippen LogP contribution in [-0.2, 0) is 9.53 Å². The Morgan fingerprint density at radius 1 is 1.35 bits per heavy atom. The first-order valence-electron chi connectivity index (χ1n) is 7.05. The van der Waals surface area contributed by atoms with E-state index in [0.29, 0.717) is 26.0 Å². The molecule has 0 fully saturated rings. The molecule has 0 radical (unpaired) electrons. The number of amidine groups is 1. The van der Waals surface area contributed by atoms with Gasteiger partial charge in [-0.3, -0.25) is 4.79 Å². The van der Waals surface area contributed by atoms with Crippen LogP contribution in [0.5, 0.6) is 0 Å². The average molecular weight is 287 g/mol. The molecule has 0 aromatic heterocycles. The number of hydrogen-bond acceptors (Lipinski definition) is 4. The fraction of sp³-hybridized carbons (Fsp3) is 0.857. The van der Waals surface area contributed by atoms with Crippen molar-refractivity contribution in [1.82, 2.24) is 5.32 Å². The number of nitrogens with two attached hydrogens (primary N) is 1. The van der Waals surface area contributed by atoms with Gasteiger partial charge in [-0.1, -0.05) is 32.9 Å². The molecule has 6 nitrogen and oxygen atoms in total. The maximum atomic E-state index is 12.4. The summed E-state index contributed by atoms with van der Waals surface area (Å²) in [5, 5.41) is 14.8. The van der Waals surface area contributed by atoms with Crippen LogP contribution in [0.15, 0.2) is 5.16 Å². The van der Waals surface area contributed by atoms with Gasteiger partial charge in [-0.25, -0.2) is 0 Å². The van der Waals surface area contributed by atoms with Crippen molar-refractivity contribution < 1.29 is 14.7 Å². The summed E-state index contributed by atoms with van der Waals surface area (Å²) in [5.74, 6) is -0.224. The first-order chi connectivity index (χ1) is 9.29. The van der Waals surface area contributed by atoms with Crippen molar-refractivity contribution in [2.75, 3.05) is 20.3 Å². The maximum Gasteiger partial charge on any atom is 0.233 e. The van der Waals surface area contributed by atoms with Crippen LogP contribution in [0.4, 0.5) is 0 Å². The number of carbonyl (C=O) groups is 1. The molecule has 0 atom stereocenters. The third kappa shape index (κ3) is 4.67. The zero-order valence-electron chi connectivity index (χ0n) is 13.3. The monoisotopic (exact) mass is 287 g/mol. The number of hydrogen-bond donors (Lipinski definition) is 3. The minimum atomic E-state index is -0.938. The fourth-order valence-electron chi connectivity index (χ4n) is 2.10. The highest BCUT2D eigenvalue weighted by Crippen LogP contribution is 2.28. The number of carbonyl (C=O) groups excluding carboxylic acids is 1. The quantitative estimate of drug-likeness (QED) is 0.260. The average Bonchev–Trinajstić information content (AvgIpc) is 2.44. The van der Waals surface area contributed by atoms with E-state index in [-0.39, 0.29) is 17.2 Å². The van der Waals surface area contributed by atoms with Crippen molar-refractivity contribution in [3.8, 4) is 0 Å². The molecule has 0 heterocycles. The summed E-state index contributed by atoms with van der Waals surface area (Å²) in [6.45, 7) is 9.02. The van der Waals surface area contributed by atoms with Crippen LogP contribution in [0, 0.1) is 10.8 Å². The molecule has 0 bridgehead atoms. The van der Waals surface area contributed by atoms with E-state index in [1.54, 1.807) is 7.11 Å². The van der Waals surface area contributed by atoms with Gasteiger partial charge < -0.3 is 21.0 Å². The number of nitrogens with zero attached hydrogens (tertiary/aromatic N) is 1. The lowest BCUT2D eigenvalue weighted by Crippen LogP contribution is -2.51. The molecule has 0 saturated carbocycles. The van der Waals surface area contributed by atoms with Crippen LogP contribution in [0.3, 0.4) is 0 Å². The molecule has 6 heteroatoms. The van der Waals surface area contributed by atoms with Gasteiger partial charge in [0.2, 0.25) is 5.91 Å². The minimum Gasteiger partial charge on any atom is -0.409 e. The van der Waals surface area contributed by atoms with Gasteiger partial charge in [-0.2, -0.15) is 0 Å². The standard InChI is InChI=1S/C14H29N3O3/c1-6-14(7-2,11(15)17-19)12(18)16-10-13(3,4)8-9-20-5/h19H,6-10H2,1-5H3,(H2,15,17)(H,16,18). The zero-order valence-corrected chi connectivity index (χ0v) is 13.3. The van der Waals surface area contributed by atoms with Gasteiger partial charge >= 0.3 is 0 Å². The molecule has 0 unspecified atom stereocenters. The van der Waals surface area contributed by atoms with E-state index >= 15 is 0 Å². The molecule has 0 spiro atoms. The highest BCUT2D eigenvalue weighted by molar-refractivity contribution is 6.06. The van der Waals surface area contributed by atoms with Gasteiger partial charge in [0, 0.05) is 20.3 Å². The summed E-state index contributed by atoms with van der Waals surface area (Å²) in [6.07, 6.45) is 1.83. The van der Waals surface area contributed by atoms with Gasteiger partial charge in [-0.15, -0.1) is 0 Å². The van der Waals surface area contributed by atoms with Gasteiger partial charge in [0.05, 0.1) is 0 Å². The van der Waals surface area contributed by atoms with E-state index in [2.05, 4.69) is 24.3 Å². The first kappa shape index (κ1) is 18.7. The van der Waals surface area contributed by atoms with E-state index in [0.717, 1.165) is 6.42 Å². The van der Waals surface area contributed by atoms with E-state index in [4.69, 9.17) is 15.7 Å². The molecule has 118 valence electrons. The summed E-state index contributed by atoms with van der Waals surface area (Å²) in [4.78, 5) is 12.4. The molecule has 0 aliphatic rings. The Kier molecular flexibility index (Phi) is 7.57. The number of methoxy groups -OCH3 is 1. The van der Waals surface area contributed by atoms with Crippen molar-refractivity contribution in [3.05, 3.63) is 0 Å². The molecule has 4 N–H and O–H groups in total. The Labute approximate surface area is 121 Å². The minimum absolute atomic E-state index is 0.0327. The van der Waals surface area contributed by atoms with Crippen LogP contribution in [0.25, 0.3) is 0 Å². The molecule has 20 heavy (non-hydrogen) atoms. The predicted octanol–water partition coefficient (Wildman–Crippen LogP) is 1.72. The summed E-state index contributed by atoms with van der Waals surface area (Å²) in [5.41, 5.74) is 4.71. The summed E-state index contributed by atoms with van der Waals surface area (Å²) >= 11 is 0. The fourth-order valence-corrected chi connectivity index (χ4v) is 2.10. The van der Waals surface area contributed by atoms with Crippen molar-refractivity contribution in [3.63, 3.8) is 0 Å². The molecule has 0 aromatic carbocycles. The Balaban J connectivity index is 4.80. The van der Waals surface area contributed by atoms with Crippen LogP contribution >= 0.6 is 0 Å². The largest absolute Gasteiger partial charge is 0.409 e. The Morgan fingerprint density at radius 3 is 2.30 bits per heavy atom. The van der Waals surface area contributed by atoms with Gasteiger partial charge in [-0.05, 0) is 24.7 Å². The Hall–Kier alpha value is -1.30. The van der Waals surface area contributed by atoms with Crippen LogP contribution in [-0.4, -0.2) is 37.2 Å². The lowest BCUT2D eigenvalue weighted by Gasteiger charge is -2.31. The van der Waals surface area contributed by atoms with Crippen LogP contribution in [0.1, 0.15) is 47.0 Å². The molecule has 0 saturated heterocycles. The van der Waals surface area contributed by atoms with Crippen molar-refractivity contribution in [2.24, 2.45) is 21.7 Å². The Bertz CT molecular complexity index is 337. The van der Waals surface area contributed by atoms with Gasteiger partial charge in [0.25, 0.3) is 0 Å². The van der Waals surface area contributed by atoms with E-state index in [1.807, 2.05) is 13.8 Å². The van der Waals surface area contributed by atoms with E-state index in [9.17, 15) is 4.79 Å². The lowest BCUT2D eigenvalue weighted by atomic mass is 9.79. The molecule has 0 aliphatic heterocycles. The zero-order chi connectivity index (χ0) is 15.8. The lowest BCUT2D eigenvalue weighted by molar-refractivity contribution is -0.128.